The minimum absolute atomic E-state index is 0.102. The number of phenolic OH excluding ortho intramolecular Hbond substituents is 1. The molecule has 126 valence electrons. The molecule has 2 N–H and O–H groups in total. The van der Waals surface area contributed by atoms with Gasteiger partial charge in [-0.3, -0.25) is 4.79 Å². The van der Waals surface area contributed by atoms with Crippen molar-refractivity contribution in [3.63, 3.8) is 0 Å². The van der Waals surface area contributed by atoms with Gasteiger partial charge in [0.1, 0.15) is 17.9 Å². The minimum Gasteiger partial charge on any atom is -0.508 e. The average Bonchev–Trinajstić information content (AvgIpc) is 2.92. The summed E-state index contributed by atoms with van der Waals surface area (Å²) in [6.07, 6.45) is 0.512. The highest BCUT2D eigenvalue weighted by Gasteiger charge is 2.27. The van der Waals surface area contributed by atoms with Crippen LogP contribution in [-0.2, 0) is 11.4 Å². The Morgan fingerprint density at radius 3 is 2.88 bits per heavy atom. The summed E-state index contributed by atoms with van der Waals surface area (Å²) in [7, 11) is 0. The number of rotatable bonds is 3. The molecule has 0 radical (unpaired) electrons. The zero-order chi connectivity index (χ0) is 17.2. The van der Waals surface area contributed by atoms with Gasteiger partial charge >= 0.3 is 0 Å². The molecule has 2 heterocycles. The predicted molar refractivity (Wildman–Crippen MR) is 92.6 cm³/mol. The lowest BCUT2D eigenvalue weighted by Gasteiger charge is -2.04. The summed E-state index contributed by atoms with van der Waals surface area (Å²) in [5.41, 5.74) is 2.72. The Balaban J connectivity index is 1.72. The van der Waals surface area contributed by atoms with Gasteiger partial charge in [0.05, 0.1) is 11.3 Å². The first-order chi connectivity index (χ1) is 12.2. The van der Waals surface area contributed by atoms with E-state index in [0.29, 0.717) is 41.8 Å². The molecule has 0 spiro atoms. The molecule has 0 saturated heterocycles. The molecular weight excluding hydrogens is 320 g/mol. The third-order valence-electron chi connectivity index (χ3n) is 4.06. The van der Waals surface area contributed by atoms with Crippen LogP contribution < -0.4 is 5.32 Å². The molecule has 2 aromatic carbocycles. The lowest BCUT2D eigenvalue weighted by Crippen LogP contribution is -2.22. The van der Waals surface area contributed by atoms with E-state index in [2.05, 4.69) is 10.5 Å². The number of nitrogens with one attached hydrogen (secondary N) is 1. The summed E-state index contributed by atoms with van der Waals surface area (Å²) < 4.78 is 5.67. The Labute approximate surface area is 143 Å². The lowest BCUT2D eigenvalue weighted by molar-refractivity contribution is 0.0931. The van der Waals surface area contributed by atoms with E-state index in [9.17, 15) is 9.90 Å². The number of benzene rings is 2. The Kier molecular flexibility index (Phi) is 3.85. The summed E-state index contributed by atoms with van der Waals surface area (Å²) in [5, 5.41) is 17.5. The van der Waals surface area contributed by atoms with Gasteiger partial charge in [-0.2, -0.15) is 0 Å². The van der Waals surface area contributed by atoms with Crippen LogP contribution in [0.15, 0.2) is 58.1 Å². The second kappa shape index (κ2) is 6.32. The van der Waals surface area contributed by atoms with E-state index in [0.717, 1.165) is 5.56 Å². The number of amides is 1. The van der Waals surface area contributed by atoms with Crippen molar-refractivity contribution in [3.05, 3.63) is 65.4 Å². The van der Waals surface area contributed by atoms with E-state index in [1.165, 1.54) is 6.07 Å². The molecule has 6 heteroatoms. The second-order valence-electron chi connectivity index (χ2n) is 5.79. The second-order valence-corrected chi connectivity index (χ2v) is 5.79. The number of carbonyl (C=O) groups is 1. The largest absolute Gasteiger partial charge is 0.508 e. The summed E-state index contributed by atoms with van der Waals surface area (Å²) in [5.74, 6) is 0.00409. The zero-order valence-electron chi connectivity index (χ0n) is 13.4. The number of carbonyl (C=O) groups excluding carboxylic acids is 1. The summed E-state index contributed by atoms with van der Waals surface area (Å²) in [4.78, 5) is 17.7. The minimum atomic E-state index is -0.293. The van der Waals surface area contributed by atoms with E-state index in [4.69, 9.17) is 9.25 Å². The summed E-state index contributed by atoms with van der Waals surface area (Å²) in [6.45, 7) is 0.777. The third-order valence-corrected chi connectivity index (χ3v) is 4.06. The number of fused-ring (bicyclic) bond motifs is 3. The van der Waals surface area contributed by atoms with Gasteiger partial charge in [0.2, 0.25) is 5.76 Å². The maximum Gasteiger partial charge on any atom is 0.287 e. The zero-order valence-corrected chi connectivity index (χ0v) is 13.4. The van der Waals surface area contributed by atoms with Crippen LogP contribution >= 0.6 is 0 Å². The van der Waals surface area contributed by atoms with E-state index in [-0.39, 0.29) is 17.4 Å². The average molecular weight is 336 g/mol. The summed E-state index contributed by atoms with van der Waals surface area (Å²) in [6, 6.07) is 14.4. The highest BCUT2D eigenvalue weighted by atomic mass is 16.6. The van der Waals surface area contributed by atoms with Gasteiger partial charge in [-0.05, 0) is 23.8 Å². The van der Waals surface area contributed by atoms with Crippen molar-refractivity contribution in [2.45, 2.75) is 13.0 Å². The molecule has 0 aliphatic carbocycles. The van der Waals surface area contributed by atoms with Crippen LogP contribution in [0.3, 0.4) is 0 Å². The van der Waals surface area contributed by atoms with Crippen LogP contribution in [0.4, 0.5) is 0 Å². The van der Waals surface area contributed by atoms with Crippen LogP contribution in [0, 0.1) is 0 Å². The first-order valence-corrected chi connectivity index (χ1v) is 7.99. The normalized spacial score (nSPS) is 15.7. The molecule has 1 amide bonds. The molecule has 0 atom stereocenters. The number of oxime groups is 1. The number of hydrogen-bond donors (Lipinski definition) is 2. The predicted octanol–water partition coefficient (Wildman–Crippen LogP) is 3.19. The molecule has 0 saturated carbocycles. The van der Waals surface area contributed by atoms with Crippen molar-refractivity contribution >= 4 is 22.6 Å². The molecule has 6 nitrogen and oxygen atoms in total. The Morgan fingerprint density at radius 2 is 2.04 bits per heavy atom. The Hall–Kier alpha value is -3.28. The molecule has 3 aromatic rings. The van der Waals surface area contributed by atoms with Crippen molar-refractivity contribution in [1.29, 1.82) is 0 Å². The monoisotopic (exact) mass is 336 g/mol. The standard InChI is InChI=1S/C19H16N2O4/c22-13-6-7-16-14(10-13)17-15(8-9-20-19(23)18(17)25-16)21-24-11-12-4-2-1-3-5-12/h1-7,10,22H,8-9,11H2,(H,20,23). The topological polar surface area (TPSA) is 84.1 Å². The number of phenols is 1. The van der Waals surface area contributed by atoms with E-state index in [1.54, 1.807) is 12.1 Å². The molecule has 1 aliphatic heterocycles. The van der Waals surface area contributed by atoms with E-state index >= 15 is 0 Å². The fourth-order valence-electron chi connectivity index (χ4n) is 2.88. The quantitative estimate of drug-likeness (QED) is 0.720. The van der Waals surface area contributed by atoms with Gasteiger partial charge in [-0.1, -0.05) is 35.5 Å². The highest BCUT2D eigenvalue weighted by molar-refractivity contribution is 6.18. The number of furan rings is 1. The smallest absolute Gasteiger partial charge is 0.287 e. The lowest BCUT2D eigenvalue weighted by atomic mass is 10.0. The van der Waals surface area contributed by atoms with Crippen molar-refractivity contribution < 1.29 is 19.2 Å². The van der Waals surface area contributed by atoms with Crippen molar-refractivity contribution in [2.75, 3.05) is 6.54 Å². The Bertz CT molecular complexity index is 960. The number of aromatic hydroxyl groups is 1. The van der Waals surface area contributed by atoms with Crippen molar-refractivity contribution in [2.24, 2.45) is 5.16 Å². The maximum atomic E-state index is 12.2. The van der Waals surface area contributed by atoms with Crippen molar-refractivity contribution in [1.82, 2.24) is 5.32 Å². The van der Waals surface area contributed by atoms with Crippen LogP contribution in [0.5, 0.6) is 5.75 Å². The molecule has 0 bridgehead atoms. The fraction of sp³-hybridized carbons (Fsp3) is 0.158. The van der Waals surface area contributed by atoms with Crippen LogP contribution in [0.2, 0.25) is 0 Å². The molecule has 1 aliphatic rings. The van der Waals surface area contributed by atoms with Gasteiger partial charge in [0, 0.05) is 18.4 Å². The van der Waals surface area contributed by atoms with Gasteiger partial charge in [-0.25, -0.2) is 0 Å². The Morgan fingerprint density at radius 1 is 1.20 bits per heavy atom. The third kappa shape index (κ3) is 2.94. The van der Waals surface area contributed by atoms with Gasteiger partial charge in [-0.15, -0.1) is 0 Å². The maximum absolute atomic E-state index is 12.2. The van der Waals surface area contributed by atoms with E-state index in [1.807, 2.05) is 30.3 Å². The molecular formula is C19H16N2O4. The summed E-state index contributed by atoms with van der Waals surface area (Å²) >= 11 is 0. The molecule has 4 rings (SSSR count). The van der Waals surface area contributed by atoms with Crippen LogP contribution in [0.25, 0.3) is 11.0 Å². The first kappa shape index (κ1) is 15.3. The highest BCUT2D eigenvalue weighted by Crippen LogP contribution is 2.31. The SMILES string of the molecule is O=C1NCCC(=NOCc2ccccc2)c2c1oc1ccc(O)cc21. The molecule has 0 unspecified atom stereocenters. The molecule has 25 heavy (non-hydrogen) atoms. The van der Waals surface area contributed by atoms with Gasteiger partial charge < -0.3 is 19.7 Å². The van der Waals surface area contributed by atoms with Crippen LogP contribution in [-0.4, -0.2) is 23.3 Å². The number of nitrogens with zero attached hydrogens (tertiary/aromatic N) is 1. The van der Waals surface area contributed by atoms with Gasteiger partial charge in [0.15, 0.2) is 0 Å². The van der Waals surface area contributed by atoms with Crippen molar-refractivity contribution in [3.8, 4) is 5.75 Å². The molecule has 0 fully saturated rings. The fourth-order valence-corrected chi connectivity index (χ4v) is 2.88. The molecule has 1 aromatic heterocycles. The number of hydrogen-bond acceptors (Lipinski definition) is 5. The van der Waals surface area contributed by atoms with Gasteiger partial charge in [0.25, 0.3) is 5.91 Å². The van der Waals surface area contributed by atoms with E-state index < -0.39 is 0 Å². The van der Waals surface area contributed by atoms with Crippen LogP contribution in [0.1, 0.15) is 28.1 Å². The first-order valence-electron chi connectivity index (χ1n) is 7.99.